The summed E-state index contributed by atoms with van der Waals surface area (Å²) in [5, 5.41) is 0. The molecule has 0 aliphatic heterocycles. The topological polar surface area (TPSA) is 18.5 Å². The predicted octanol–water partition coefficient (Wildman–Crippen LogP) is 5.92. The second kappa shape index (κ2) is 8.10. The summed E-state index contributed by atoms with van der Waals surface area (Å²) in [6.07, 6.45) is 0.345. The highest BCUT2D eigenvalue weighted by Crippen LogP contribution is 2.32. The summed E-state index contributed by atoms with van der Waals surface area (Å²) in [5.41, 5.74) is 4.04. The second-order valence-corrected chi connectivity index (χ2v) is 10.4. The first-order valence-electron chi connectivity index (χ1n) is 8.83. The van der Waals surface area contributed by atoms with Crippen molar-refractivity contribution in [3.63, 3.8) is 0 Å². The number of rotatable bonds is 7. The van der Waals surface area contributed by atoms with Gasteiger partial charge in [-0.2, -0.15) is 0 Å². The van der Waals surface area contributed by atoms with Crippen molar-refractivity contribution < 1.29 is 8.85 Å². The molecular formula is C21H30O2Si. The van der Waals surface area contributed by atoms with Gasteiger partial charge in [0, 0.05) is 17.7 Å². The average molecular weight is 343 g/mol. The molecule has 0 fully saturated rings. The van der Waals surface area contributed by atoms with Crippen LogP contribution in [0.5, 0.6) is 0 Å². The minimum absolute atomic E-state index is 0.173. The quantitative estimate of drug-likeness (QED) is 0.582. The molecule has 0 N–H and O–H groups in total. The lowest BCUT2D eigenvalue weighted by molar-refractivity contribution is 0.103. The maximum absolute atomic E-state index is 6.30. The Morgan fingerprint density at radius 3 is 1.58 bits per heavy atom. The Morgan fingerprint density at radius 1 is 0.667 bits per heavy atom. The summed E-state index contributed by atoms with van der Waals surface area (Å²) in [5.74, 6) is 0. The van der Waals surface area contributed by atoms with Crippen LogP contribution in [0.4, 0.5) is 0 Å². The zero-order valence-corrected chi connectivity index (χ0v) is 16.7. The van der Waals surface area contributed by atoms with E-state index in [1.54, 1.807) is 0 Å². The second-order valence-electron chi connectivity index (χ2n) is 7.06. The summed E-state index contributed by atoms with van der Waals surface area (Å²) in [6.45, 7) is 12.7. The van der Waals surface area contributed by atoms with Crippen molar-refractivity contribution in [1.82, 2.24) is 0 Å². The molecule has 2 aromatic rings. The summed E-state index contributed by atoms with van der Waals surface area (Å²) in [7, 11) is -2.32. The summed E-state index contributed by atoms with van der Waals surface area (Å²) < 4.78 is 12.6. The summed E-state index contributed by atoms with van der Waals surface area (Å²) in [6, 6.07) is 19.3. The van der Waals surface area contributed by atoms with Crippen molar-refractivity contribution >= 4 is 8.56 Å². The van der Waals surface area contributed by atoms with Crippen LogP contribution in [0.3, 0.4) is 0 Å². The van der Waals surface area contributed by atoms with Crippen LogP contribution in [0.2, 0.25) is 6.55 Å². The van der Waals surface area contributed by atoms with E-state index in [2.05, 4.69) is 89.7 Å². The van der Waals surface area contributed by atoms with E-state index in [1.165, 1.54) is 16.7 Å². The standard InChI is InChI=1S/C21H30O2Si/c1-16(2)22-24(6,23-17(3)4)18(5)19-12-14-21(15-13-19)20-10-8-7-9-11-20/h7-18H,1-6H3. The average Bonchev–Trinajstić information content (AvgIpc) is 2.53. The van der Waals surface area contributed by atoms with E-state index in [0.717, 1.165) is 0 Å². The highest BCUT2D eigenvalue weighted by molar-refractivity contribution is 6.67. The monoisotopic (exact) mass is 342 g/mol. The largest absolute Gasteiger partial charge is 0.392 e. The van der Waals surface area contributed by atoms with Gasteiger partial charge in [-0.25, -0.2) is 0 Å². The Balaban J connectivity index is 2.25. The highest BCUT2D eigenvalue weighted by atomic mass is 28.4. The Bertz CT molecular complexity index is 610. The third-order valence-corrected chi connectivity index (χ3v) is 8.03. The Morgan fingerprint density at radius 2 is 1.12 bits per heavy atom. The molecule has 0 radical (unpaired) electrons. The molecule has 2 nitrogen and oxygen atoms in total. The molecule has 0 bridgehead atoms. The molecule has 24 heavy (non-hydrogen) atoms. The number of hydrogen-bond donors (Lipinski definition) is 0. The first-order valence-corrected chi connectivity index (χ1v) is 11.2. The third-order valence-electron chi connectivity index (χ3n) is 4.24. The van der Waals surface area contributed by atoms with Crippen LogP contribution >= 0.6 is 0 Å². The molecule has 1 unspecified atom stereocenters. The maximum atomic E-state index is 6.30. The lowest BCUT2D eigenvalue weighted by Crippen LogP contribution is -2.48. The van der Waals surface area contributed by atoms with E-state index in [0.29, 0.717) is 0 Å². The molecule has 0 spiro atoms. The minimum Gasteiger partial charge on any atom is -0.392 e. The van der Waals surface area contributed by atoms with Gasteiger partial charge in [-0.15, -0.1) is 0 Å². The van der Waals surface area contributed by atoms with E-state index >= 15 is 0 Å². The van der Waals surface area contributed by atoms with Gasteiger partial charge >= 0.3 is 8.56 Å². The van der Waals surface area contributed by atoms with Crippen LogP contribution in [0.1, 0.15) is 45.7 Å². The zero-order valence-electron chi connectivity index (χ0n) is 15.7. The highest BCUT2D eigenvalue weighted by Gasteiger charge is 2.41. The fourth-order valence-corrected chi connectivity index (χ4v) is 6.20. The van der Waals surface area contributed by atoms with Crippen molar-refractivity contribution in [2.45, 2.75) is 58.9 Å². The van der Waals surface area contributed by atoms with Crippen molar-refractivity contribution in [2.75, 3.05) is 0 Å². The van der Waals surface area contributed by atoms with Gasteiger partial charge in [-0.05, 0) is 50.9 Å². The fraction of sp³-hybridized carbons (Fsp3) is 0.429. The van der Waals surface area contributed by atoms with Gasteiger partial charge in [0.15, 0.2) is 0 Å². The molecule has 0 aliphatic rings. The third kappa shape index (κ3) is 4.79. The molecule has 0 heterocycles. The molecule has 0 saturated heterocycles. The SMILES string of the molecule is CC(C)O[Si](C)(OC(C)C)C(C)c1ccc(-c2ccccc2)cc1. The van der Waals surface area contributed by atoms with Crippen LogP contribution in [-0.2, 0) is 8.85 Å². The van der Waals surface area contributed by atoms with Gasteiger partial charge in [0.05, 0.1) is 0 Å². The van der Waals surface area contributed by atoms with Crippen LogP contribution < -0.4 is 0 Å². The first-order chi connectivity index (χ1) is 11.3. The predicted molar refractivity (Wildman–Crippen MR) is 104 cm³/mol. The molecular weight excluding hydrogens is 312 g/mol. The molecule has 2 rings (SSSR count). The van der Waals surface area contributed by atoms with Crippen molar-refractivity contribution in [3.05, 3.63) is 60.2 Å². The Labute approximate surface area is 148 Å². The van der Waals surface area contributed by atoms with Crippen LogP contribution in [-0.4, -0.2) is 20.8 Å². The molecule has 0 aliphatic carbocycles. The normalized spacial score (nSPS) is 13.5. The molecule has 3 heteroatoms. The fourth-order valence-electron chi connectivity index (χ4n) is 3.07. The van der Waals surface area contributed by atoms with E-state index in [9.17, 15) is 0 Å². The van der Waals surface area contributed by atoms with Crippen molar-refractivity contribution in [2.24, 2.45) is 0 Å². The number of benzene rings is 2. The minimum atomic E-state index is -2.32. The lowest BCUT2D eigenvalue weighted by atomic mass is 10.0. The van der Waals surface area contributed by atoms with Crippen LogP contribution in [0.25, 0.3) is 11.1 Å². The smallest absolute Gasteiger partial charge is 0.342 e. The maximum Gasteiger partial charge on any atom is 0.342 e. The van der Waals surface area contributed by atoms with Gasteiger partial charge in [-0.1, -0.05) is 61.5 Å². The van der Waals surface area contributed by atoms with Crippen LogP contribution in [0.15, 0.2) is 54.6 Å². The molecule has 0 amide bonds. The van der Waals surface area contributed by atoms with Crippen molar-refractivity contribution in [3.8, 4) is 11.1 Å². The zero-order chi connectivity index (χ0) is 17.7. The molecule has 0 aromatic heterocycles. The first kappa shape index (κ1) is 18.9. The van der Waals surface area contributed by atoms with Gasteiger partial charge < -0.3 is 8.85 Å². The van der Waals surface area contributed by atoms with E-state index in [1.807, 2.05) is 6.07 Å². The molecule has 2 aromatic carbocycles. The van der Waals surface area contributed by atoms with Gasteiger partial charge in [0.2, 0.25) is 0 Å². The van der Waals surface area contributed by atoms with Gasteiger partial charge in [0.25, 0.3) is 0 Å². The van der Waals surface area contributed by atoms with E-state index in [-0.39, 0.29) is 17.7 Å². The molecule has 1 atom stereocenters. The molecule has 0 saturated carbocycles. The lowest BCUT2D eigenvalue weighted by Gasteiger charge is -2.36. The summed E-state index contributed by atoms with van der Waals surface area (Å²) in [4.78, 5) is 0. The Hall–Kier alpha value is -1.42. The number of hydrogen-bond acceptors (Lipinski definition) is 2. The molecule has 130 valence electrons. The van der Waals surface area contributed by atoms with E-state index in [4.69, 9.17) is 8.85 Å². The van der Waals surface area contributed by atoms with Gasteiger partial charge in [0.1, 0.15) is 0 Å². The summed E-state index contributed by atoms with van der Waals surface area (Å²) >= 11 is 0. The van der Waals surface area contributed by atoms with Gasteiger partial charge in [-0.3, -0.25) is 0 Å². The van der Waals surface area contributed by atoms with Crippen LogP contribution in [0, 0.1) is 0 Å². The Kier molecular flexibility index (Phi) is 6.38. The van der Waals surface area contributed by atoms with E-state index < -0.39 is 8.56 Å². The van der Waals surface area contributed by atoms with Crippen molar-refractivity contribution in [1.29, 1.82) is 0 Å².